The number of benzene rings is 2. The van der Waals surface area contributed by atoms with Crippen LogP contribution in [0.25, 0.3) is 0 Å². The van der Waals surface area contributed by atoms with Gasteiger partial charge < -0.3 is 10.1 Å². The van der Waals surface area contributed by atoms with Gasteiger partial charge in [-0.2, -0.15) is 0 Å². The topological polar surface area (TPSA) is 85.4 Å². The standard InChI is InChI=1S/C21H19FN2O4S/c1-29(26,27)14-15-2-4-17(5-3-15)21(25)24-13-16-10-11-23-20(12-16)28-19-8-6-18(22)7-9-19/h2-12H,13-14H2,1H3,(H,24,25). The van der Waals surface area contributed by atoms with Gasteiger partial charge in [-0.15, -0.1) is 0 Å². The van der Waals surface area contributed by atoms with E-state index in [9.17, 15) is 17.6 Å². The van der Waals surface area contributed by atoms with Crippen molar-refractivity contribution in [2.24, 2.45) is 0 Å². The van der Waals surface area contributed by atoms with Crippen molar-refractivity contribution in [1.82, 2.24) is 10.3 Å². The number of pyridine rings is 1. The van der Waals surface area contributed by atoms with Crippen molar-refractivity contribution in [3.05, 3.63) is 89.4 Å². The molecule has 8 heteroatoms. The van der Waals surface area contributed by atoms with Crippen LogP contribution in [0.4, 0.5) is 4.39 Å². The summed E-state index contributed by atoms with van der Waals surface area (Å²) < 4.78 is 41.2. The maximum atomic E-state index is 13.0. The first-order chi connectivity index (χ1) is 13.8. The van der Waals surface area contributed by atoms with E-state index < -0.39 is 9.84 Å². The van der Waals surface area contributed by atoms with E-state index in [4.69, 9.17) is 4.74 Å². The molecule has 0 radical (unpaired) electrons. The number of rotatable bonds is 7. The third kappa shape index (κ3) is 6.39. The molecule has 1 N–H and O–H groups in total. The predicted octanol–water partition coefficient (Wildman–Crippen LogP) is 3.49. The van der Waals surface area contributed by atoms with Gasteiger partial charge in [0.05, 0.1) is 5.75 Å². The van der Waals surface area contributed by atoms with Gasteiger partial charge in [0.25, 0.3) is 5.91 Å². The number of hydrogen-bond donors (Lipinski definition) is 1. The minimum absolute atomic E-state index is 0.0667. The second-order valence-corrected chi connectivity index (χ2v) is 8.65. The lowest BCUT2D eigenvalue weighted by Gasteiger charge is -2.08. The molecule has 0 unspecified atom stereocenters. The third-order valence-electron chi connectivity index (χ3n) is 3.93. The summed E-state index contributed by atoms with van der Waals surface area (Å²) in [5, 5.41) is 2.79. The zero-order chi connectivity index (χ0) is 20.9. The van der Waals surface area contributed by atoms with Gasteiger partial charge in [-0.1, -0.05) is 12.1 Å². The Morgan fingerprint density at radius 2 is 1.72 bits per heavy atom. The lowest BCUT2D eigenvalue weighted by Crippen LogP contribution is -2.22. The van der Waals surface area contributed by atoms with Gasteiger partial charge in [-0.3, -0.25) is 4.79 Å². The molecule has 0 spiro atoms. The van der Waals surface area contributed by atoms with Gasteiger partial charge in [0.15, 0.2) is 9.84 Å². The molecule has 3 aromatic rings. The number of nitrogens with one attached hydrogen (secondary N) is 1. The monoisotopic (exact) mass is 414 g/mol. The third-order valence-corrected chi connectivity index (χ3v) is 4.79. The van der Waals surface area contributed by atoms with E-state index in [1.807, 2.05) is 0 Å². The minimum atomic E-state index is -3.12. The van der Waals surface area contributed by atoms with E-state index in [1.165, 1.54) is 24.3 Å². The average Bonchev–Trinajstić information content (AvgIpc) is 2.68. The normalized spacial score (nSPS) is 11.1. The van der Waals surface area contributed by atoms with Crippen LogP contribution < -0.4 is 10.1 Å². The molecular weight excluding hydrogens is 395 g/mol. The number of amides is 1. The fraction of sp³-hybridized carbons (Fsp3) is 0.143. The Morgan fingerprint density at radius 3 is 2.38 bits per heavy atom. The van der Waals surface area contributed by atoms with Crippen molar-refractivity contribution >= 4 is 15.7 Å². The summed E-state index contributed by atoms with van der Waals surface area (Å²) in [6, 6.07) is 15.4. The molecule has 1 heterocycles. The van der Waals surface area contributed by atoms with E-state index in [1.54, 1.807) is 42.6 Å². The zero-order valence-electron chi connectivity index (χ0n) is 15.6. The molecule has 0 bridgehead atoms. The number of sulfone groups is 1. The lowest BCUT2D eigenvalue weighted by atomic mass is 10.1. The highest BCUT2D eigenvalue weighted by Crippen LogP contribution is 2.20. The molecule has 0 fully saturated rings. The van der Waals surface area contributed by atoms with Gasteiger partial charge in [0, 0.05) is 30.6 Å². The van der Waals surface area contributed by atoms with E-state index in [0.29, 0.717) is 22.8 Å². The van der Waals surface area contributed by atoms with Crippen LogP contribution in [0, 0.1) is 5.82 Å². The Hall–Kier alpha value is -3.26. The van der Waals surface area contributed by atoms with Crippen LogP contribution >= 0.6 is 0 Å². The second-order valence-electron chi connectivity index (χ2n) is 6.51. The fourth-order valence-corrected chi connectivity index (χ4v) is 3.38. The van der Waals surface area contributed by atoms with Gasteiger partial charge in [0.1, 0.15) is 11.6 Å². The summed E-state index contributed by atoms with van der Waals surface area (Å²) >= 11 is 0. The van der Waals surface area contributed by atoms with Crippen molar-refractivity contribution in [3.8, 4) is 11.6 Å². The second kappa shape index (κ2) is 8.83. The molecule has 0 saturated carbocycles. The Morgan fingerprint density at radius 1 is 1.03 bits per heavy atom. The largest absolute Gasteiger partial charge is 0.439 e. The highest BCUT2D eigenvalue weighted by molar-refractivity contribution is 7.89. The molecule has 3 rings (SSSR count). The molecule has 0 saturated heterocycles. The van der Waals surface area contributed by atoms with Crippen molar-refractivity contribution in [2.45, 2.75) is 12.3 Å². The quantitative estimate of drug-likeness (QED) is 0.640. The first kappa shape index (κ1) is 20.5. The van der Waals surface area contributed by atoms with Gasteiger partial charge in [-0.05, 0) is 53.6 Å². The Bertz CT molecular complexity index is 1100. The number of carbonyl (C=O) groups excluding carboxylic acids is 1. The predicted molar refractivity (Wildman–Crippen MR) is 107 cm³/mol. The Labute approximate surface area is 168 Å². The highest BCUT2D eigenvalue weighted by Gasteiger charge is 2.09. The number of ether oxygens (including phenoxy) is 1. The molecule has 29 heavy (non-hydrogen) atoms. The van der Waals surface area contributed by atoms with Crippen molar-refractivity contribution in [1.29, 1.82) is 0 Å². The molecule has 0 atom stereocenters. The Balaban J connectivity index is 1.59. The van der Waals surface area contributed by atoms with Crippen molar-refractivity contribution in [2.75, 3.05) is 6.26 Å². The first-order valence-corrected chi connectivity index (χ1v) is 10.8. The van der Waals surface area contributed by atoms with Gasteiger partial charge in [0.2, 0.25) is 5.88 Å². The molecule has 0 aliphatic carbocycles. The molecule has 0 aliphatic heterocycles. The molecule has 2 aromatic carbocycles. The van der Waals surface area contributed by atoms with Gasteiger partial charge >= 0.3 is 0 Å². The van der Waals surface area contributed by atoms with E-state index in [-0.39, 0.29) is 24.0 Å². The summed E-state index contributed by atoms with van der Waals surface area (Å²) in [5.74, 6) is 0.0746. The SMILES string of the molecule is CS(=O)(=O)Cc1ccc(C(=O)NCc2ccnc(Oc3ccc(F)cc3)c2)cc1. The zero-order valence-corrected chi connectivity index (χ0v) is 16.4. The first-order valence-electron chi connectivity index (χ1n) is 8.72. The lowest BCUT2D eigenvalue weighted by molar-refractivity contribution is 0.0951. The van der Waals surface area contributed by atoms with E-state index >= 15 is 0 Å². The highest BCUT2D eigenvalue weighted by atomic mass is 32.2. The maximum Gasteiger partial charge on any atom is 0.251 e. The van der Waals surface area contributed by atoms with Crippen LogP contribution in [-0.4, -0.2) is 25.6 Å². The fourth-order valence-electron chi connectivity index (χ4n) is 2.58. The minimum Gasteiger partial charge on any atom is -0.439 e. The van der Waals surface area contributed by atoms with E-state index in [0.717, 1.165) is 11.8 Å². The van der Waals surface area contributed by atoms with Crippen molar-refractivity contribution < 1.29 is 22.3 Å². The molecule has 1 aromatic heterocycles. The summed E-state index contributed by atoms with van der Waals surface area (Å²) in [5.41, 5.74) is 1.83. The number of aromatic nitrogens is 1. The van der Waals surface area contributed by atoms with Crippen LogP contribution in [0.1, 0.15) is 21.5 Å². The van der Waals surface area contributed by atoms with Crippen LogP contribution in [0.3, 0.4) is 0 Å². The summed E-state index contributed by atoms with van der Waals surface area (Å²) in [6.45, 7) is 0.256. The smallest absolute Gasteiger partial charge is 0.251 e. The number of hydrogen-bond acceptors (Lipinski definition) is 5. The van der Waals surface area contributed by atoms with Crippen LogP contribution in [-0.2, 0) is 22.1 Å². The summed E-state index contributed by atoms with van der Waals surface area (Å²) in [4.78, 5) is 16.4. The molecule has 0 aliphatic rings. The number of halogens is 1. The van der Waals surface area contributed by atoms with E-state index in [2.05, 4.69) is 10.3 Å². The molecular formula is C21H19FN2O4S. The summed E-state index contributed by atoms with van der Waals surface area (Å²) in [7, 11) is -3.12. The van der Waals surface area contributed by atoms with Crippen LogP contribution in [0.2, 0.25) is 0 Å². The van der Waals surface area contributed by atoms with Gasteiger partial charge in [-0.25, -0.2) is 17.8 Å². The summed E-state index contributed by atoms with van der Waals surface area (Å²) in [6.07, 6.45) is 2.72. The molecule has 1 amide bonds. The molecule has 6 nitrogen and oxygen atoms in total. The van der Waals surface area contributed by atoms with Crippen molar-refractivity contribution in [3.63, 3.8) is 0 Å². The molecule has 150 valence electrons. The van der Waals surface area contributed by atoms with Crippen LogP contribution in [0.5, 0.6) is 11.6 Å². The Kier molecular flexibility index (Phi) is 6.23. The maximum absolute atomic E-state index is 13.0. The number of nitrogens with zero attached hydrogens (tertiary/aromatic N) is 1. The van der Waals surface area contributed by atoms with Crippen LogP contribution in [0.15, 0.2) is 66.9 Å². The number of carbonyl (C=O) groups is 1. The average molecular weight is 414 g/mol.